The van der Waals surface area contributed by atoms with Gasteiger partial charge in [0.1, 0.15) is 11.5 Å². The summed E-state index contributed by atoms with van der Waals surface area (Å²) in [6, 6.07) is 5.84. The molecule has 6 nitrogen and oxygen atoms in total. The third kappa shape index (κ3) is 5.55. The van der Waals surface area contributed by atoms with Crippen LogP contribution in [0.3, 0.4) is 0 Å². The van der Waals surface area contributed by atoms with Gasteiger partial charge in [0.05, 0.1) is 33.1 Å². The van der Waals surface area contributed by atoms with Gasteiger partial charge in [-0.3, -0.25) is 0 Å². The summed E-state index contributed by atoms with van der Waals surface area (Å²) in [4.78, 5) is 2.25. The number of morpholine rings is 1. The van der Waals surface area contributed by atoms with Gasteiger partial charge in [0.2, 0.25) is 0 Å². The number of halogens is 1. The van der Waals surface area contributed by atoms with Crippen molar-refractivity contribution in [3.63, 3.8) is 0 Å². The summed E-state index contributed by atoms with van der Waals surface area (Å²) < 4.78 is 18.6. The number of methoxy groups -OCH3 is 2. The molecule has 1 aliphatic rings. The molecule has 0 bridgehead atoms. The first-order valence-electron chi connectivity index (χ1n) is 5.91. The van der Waals surface area contributed by atoms with Gasteiger partial charge in [0, 0.05) is 19.2 Å². The van der Waals surface area contributed by atoms with Crippen LogP contribution in [0.4, 0.5) is 5.69 Å². The van der Waals surface area contributed by atoms with Gasteiger partial charge < -0.3 is 19.1 Å². The van der Waals surface area contributed by atoms with Crippen LogP contribution in [0.5, 0.6) is 11.5 Å². The minimum absolute atomic E-state index is 0. The Hall–Kier alpha value is -0.997. The number of ether oxygens (including phenoxy) is 3. The van der Waals surface area contributed by atoms with Crippen LogP contribution in [-0.2, 0) is 22.9 Å². The fraction of sp³-hybridized carbons (Fsp3) is 0.500. The Morgan fingerprint density at radius 2 is 1.85 bits per heavy atom. The molecule has 1 aromatic rings. The molecule has 0 atom stereocenters. The second-order valence-electron chi connectivity index (χ2n) is 3.78. The van der Waals surface area contributed by atoms with Crippen molar-refractivity contribution in [1.29, 1.82) is 0 Å². The van der Waals surface area contributed by atoms with Crippen molar-refractivity contribution < 1.29 is 32.3 Å². The Balaban J connectivity index is 0.000000830. The van der Waals surface area contributed by atoms with E-state index in [9.17, 15) is 0 Å². The Kier molecular flexibility index (Phi) is 10.2. The van der Waals surface area contributed by atoms with E-state index in [-0.39, 0.29) is 12.4 Å². The molecule has 0 saturated carbocycles. The summed E-state index contributed by atoms with van der Waals surface area (Å²) >= 11 is 0.625. The van der Waals surface area contributed by atoms with Gasteiger partial charge in [-0.05, 0) is 12.1 Å². The molecular formula is C12H18ClN3O3Zn. The molecule has 20 heavy (non-hydrogen) atoms. The van der Waals surface area contributed by atoms with Gasteiger partial charge in [-0.15, -0.1) is 12.4 Å². The Bertz CT molecular complexity index is 436. The van der Waals surface area contributed by atoms with Crippen LogP contribution >= 0.6 is 12.4 Å². The minimum atomic E-state index is 0. The zero-order chi connectivity index (χ0) is 14.1. The van der Waals surface area contributed by atoms with Crippen molar-refractivity contribution in [2.24, 2.45) is 0 Å². The van der Waals surface area contributed by atoms with Gasteiger partial charge in [-0.1, -0.05) is 0 Å². The van der Waals surface area contributed by atoms with Crippen LogP contribution in [0.25, 0.3) is 5.53 Å². The number of hydrogen-bond acceptors (Lipinski definition) is 4. The maximum atomic E-state index is 7.25. The molecule has 2 rings (SSSR count). The fourth-order valence-corrected chi connectivity index (χ4v) is 1.85. The van der Waals surface area contributed by atoms with E-state index in [1.165, 1.54) is 0 Å². The van der Waals surface area contributed by atoms with Gasteiger partial charge >= 0.3 is 27.1 Å². The molecule has 1 heterocycles. The topological polar surface area (TPSA) is 67.3 Å². The molecule has 0 radical (unpaired) electrons. The SMILES string of the molecule is COc1ccc(OC)c(N2CCOCC2)c1.Cl.[N-]=[N+]=[Zn]. The number of anilines is 1. The molecule has 1 aromatic carbocycles. The van der Waals surface area contributed by atoms with Gasteiger partial charge in [0.15, 0.2) is 0 Å². The average molecular weight is 353 g/mol. The van der Waals surface area contributed by atoms with E-state index >= 15 is 0 Å². The Labute approximate surface area is 134 Å². The van der Waals surface area contributed by atoms with Crippen molar-refractivity contribution in [3.05, 3.63) is 23.7 Å². The first-order valence-corrected chi connectivity index (χ1v) is 7.24. The summed E-state index contributed by atoms with van der Waals surface area (Å²) in [6.45, 7) is 3.31. The van der Waals surface area contributed by atoms with E-state index in [0.29, 0.717) is 18.1 Å². The summed E-state index contributed by atoms with van der Waals surface area (Å²) in [5, 5.41) is 0. The standard InChI is InChI=1S/C12H17NO3.ClH.N2.Zn/c1-14-10-3-4-12(15-2)11(9-10)13-5-7-16-8-6-13;;1-2;/h3-4,9H,5-8H2,1-2H3;1H;;. The molecule has 8 heteroatoms. The summed E-state index contributed by atoms with van der Waals surface area (Å²) in [7, 11) is 3.36. The fourth-order valence-electron chi connectivity index (χ4n) is 1.85. The van der Waals surface area contributed by atoms with Crippen LogP contribution in [0.1, 0.15) is 0 Å². The predicted molar refractivity (Wildman–Crippen MR) is 75.3 cm³/mol. The summed E-state index contributed by atoms with van der Waals surface area (Å²) in [6.07, 6.45) is 0. The van der Waals surface area contributed by atoms with E-state index in [0.717, 1.165) is 43.5 Å². The molecule has 1 aliphatic heterocycles. The number of nitrogens with zero attached hydrogens (tertiary/aromatic N) is 3. The second kappa shape index (κ2) is 10.8. The zero-order valence-electron chi connectivity index (χ0n) is 11.7. The van der Waals surface area contributed by atoms with Crippen molar-refractivity contribution in [1.82, 2.24) is 3.48 Å². The molecule has 0 N–H and O–H groups in total. The molecular weight excluding hydrogens is 335 g/mol. The van der Waals surface area contributed by atoms with E-state index < -0.39 is 0 Å². The van der Waals surface area contributed by atoms with E-state index in [4.69, 9.17) is 19.7 Å². The molecule has 0 unspecified atom stereocenters. The molecule has 0 aromatic heterocycles. The first-order chi connectivity index (χ1) is 9.26. The number of rotatable bonds is 3. The van der Waals surface area contributed by atoms with Gasteiger partial charge in [0.25, 0.3) is 0 Å². The summed E-state index contributed by atoms with van der Waals surface area (Å²) in [5.41, 5.74) is 8.32. The third-order valence-corrected chi connectivity index (χ3v) is 2.74. The summed E-state index contributed by atoms with van der Waals surface area (Å²) in [5.74, 6) is 1.73. The molecule has 0 amide bonds. The number of hydrogen-bond donors (Lipinski definition) is 0. The van der Waals surface area contributed by atoms with Crippen LogP contribution in [0, 0.1) is 0 Å². The monoisotopic (exact) mass is 351 g/mol. The van der Waals surface area contributed by atoms with Crippen molar-refractivity contribution in [2.75, 3.05) is 45.4 Å². The van der Waals surface area contributed by atoms with Crippen LogP contribution in [-0.4, -0.2) is 40.5 Å². The van der Waals surface area contributed by atoms with Crippen molar-refractivity contribution in [2.45, 2.75) is 0 Å². The quantitative estimate of drug-likeness (QED) is 0.472. The van der Waals surface area contributed by atoms with E-state index in [2.05, 4.69) is 8.38 Å². The first kappa shape index (κ1) is 19.0. The van der Waals surface area contributed by atoms with Crippen LogP contribution in [0.2, 0.25) is 0 Å². The maximum absolute atomic E-state index is 7.25. The van der Waals surface area contributed by atoms with E-state index in [1.54, 1.807) is 14.2 Å². The molecule has 0 aliphatic carbocycles. The van der Waals surface area contributed by atoms with Crippen molar-refractivity contribution in [3.8, 4) is 11.5 Å². The normalized spacial score (nSPS) is 13.3. The van der Waals surface area contributed by atoms with Crippen LogP contribution < -0.4 is 17.9 Å². The molecule has 1 saturated heterocycles. The zero-order valence-corrected chi connectivity index (χ0v) is 15.5. The Morgan fingerprint density at radius 1 is 1.25 bits per heavy atom. The Morgan fingerprint density at radius 3 is 2.35 bits per heavy atom. The van der Waals surface area contributed by atoms with Crippen LogP contribution in [0.15, 0.2) is 18.2 Å². The van der Waals surface area contributed by atoms with Gasteiger partial charge in [-0.25, -0.2) is 0 Å². The van der Waals surface area contributed by atoms with E-state index in [1.807, 2.05) is 18.2 Å². The van der Waals surface area contributed by atoms with Gasteiger partial charge in [-0.2, -0.15) is 0 Å². The second-order valence-corrected chi connectivity index (χ2v) is 4.37. The molecule has 1 fully saturated rings. The number of benzene rings is 1. The molecule has 0 spiro atoms. The average Bonchev–Trinajstić information content (AvgIpc) is 2.48. The van der Waals surface area contributed by atoms with Crippen molar-refractivity contribution >= 4 is 18.1 Å². The molecule has 108 valence electrons. The predicted octanol–water partition coefficient (Wildman–Crippen LogP) is 1.77. The third-order valence-electron chi connectivity index (χ3n) is 2.74.